The number of ether oxygens (including phenoxy) is 1. The van der Waals surface area contributed by atoms with Crippen LogP contribution in [0.2, 0.25) is 19.6 Å². The minimum atomic E-state index is -2.15. The summed E-state index contributed by atoms with van der Waals surface area (Å²) >= 11 is 0. The number of non-ortho nitro benzene ring substituents is 1. The van der Waals surface area contributed by atoms with Gasteiger partial charge in [-0.2, -0.15) is 0 Å². The van der Waals surface area contributed by atoms with E-state index >= 15 is 0 Å². The molecule has 0 spiro atoms. The van der Waals surface area contributed by atoms with Crippen LogP contribution in [0.4, 0.5) is 5.69 Å². The third kappa shape index (κ3) is 4.76. The molecular formula is C13H17NO6Si. The second-order valence-electron chi connectivity index (χ2n) is 5.53. The average molecular weight is 311 g/mol. The van der Waals surface area contributed by atoms with Gasteiger partial charge in [-0.1, -0.05) is 19.6 Å². The molecule has 0 saturated carbocycles. The number of nitro groups is 1. The Bertz CT molecular complexity index is 549. The molecular weight excluding hydrogens is 294 g/mol. The predicted octanol–water partition coefficient (Wildman–Crippen LogP) is 1.56. The number of nitrogens with zero attached hydrogens (tertiary/aromatic N) is 1. The molecule has 0 bridgehead atoms. The van der Waals surface area contributed by atoms with Crippen LogP contribution < -0.4 is 0 Å². The van der Waals surface area contributed by atoms with Gasteiger partial charge in [0.25, 0.3) is 5.69 Å². The number of hydrogen-bond donors (Lipinski definition) is 1. The van der Waals surface area contributed by atoms with Gasteiger partial charge in [-0.3, -0.25) is 10.1 Å². The van der Waals surface area contributed by atoms with Gasteiger partial charge in [0.05, 0.1) is 10.5 Å². The minimum absolute atomic E-state index is 0.119. The number of aliphatic hydroxyl groups excluding tert-OH is 1. The van der Waals surface area contributed by atoms with Gasteiger partial charge in [-0.15, -0.1) is 0 Å². The Morgan fingerprint density at radius 1 is 1.29 bits per heavy atom. The van der Waals surface area contributed by atoms with E-state index in [0.717, 1.165) is 0 Å². The van der Waals surface area contributed by atoms with Gasteiger partial charge in [-0.05, 0) is 12.1 Å². The highest BCUT2D eigenvalue weighted by molar-refractivity contribution is 7.04. The number of carbonyl (C=O) groups is 2. The molecule has 0 heterocycles. The van der Waals surface area contributed by atoms with Gasteiger partial charge in [0.15, 0.2) is 0 Å². The van der Waals surface area contributed by atoms with Crippen molar-refractivity contribution in [1.82, 2.24) is 0 Å². The van der Waals surface area contributed by atoms with Crippen molar-refractivity contribution in [2.75, 3.05) is 6.61 Å². The standard InChI is InChI=1S/C13H17NO6Si/c1-21(2,3)13(17)11(15)8-20-12(16)9-4-6-10(7-5-9)14(18)19/h4-7,11,15H,8H2,1-3H3/t11-/m0/s1. The number of carbonyl (C=O) groups excluding carboxylic acids is 2. The summed E-state index contributed by atoms with van der Waals surface area (Å²) in [4.78, 5) is 33.4. The lowest BCUT2D eigenvalue weighted by atomic mass is 10.2. The first-order chi connectivity index (χ1) is 9.62. The molecule has 0 aliphatic heterocycles. The van der Waals surface area contributed by atoms with Gasteiger partial charge in [-0.25, -0.2) is 4.79 Å². The van der Waals surface area contributed by atoms with E-state index in [1.807, 2.05) is 0 Å². The van der Waals surface area contributed by atoms with Crippen molar-refractivity contribution in [3.05, 3.63) is 39.9 Å². The van der Waals surface area contributed by atoms with Crippen LogP contribution in [0.25, 0.3) is 0 Å². The van der Waals surface area contributed by atoms with Crippen LogP contribution in [0.1, 0.15) is 10.4 Å². The number of aliphatic hydroxyl groups is 1. The zero-order valence-electron chi connectivity index (χ0n) is 12.0. The van der Waals surface area contributed by atoms with Crippen molar-refractivity contribution < 1.29 is 24.4 Å². The van der Waals surface area contributed by atoms with Crippen LogP contribution in [-0.2, 0) is 9.53 Å². The maximum atomic E-state index is 11.8. The van der Waals surface area contributed by atoms with E-state index in [2.05, 4.69) is 0 Å². The first kappa shape index (κ1) is 17.0. The first-order valence-corrected chi connectivity index (χ1v) is 9.77. The van der Waals surface area contributed by atoms with Crippen LogP contribution in [0, 0.1) is 10.1 Å². The third-order valence-electron chi connectivity index (χ3n) is 2.73. The number of rotatable bonds is 6. The van der Waals surface area contributed by atoms with E-state index in [4.69, 9.17) is 4.74 Å². The third-order valence-corrected chi connectivity index (χ3v) is 4.54. The minimum Gasteiger partial charge on any atom is -0.459 e. The zero-order chi connectivity index (χ0) is 16.2. The Balaban J connectivity index is 2.62. The molecule has 0 fully saturated rings. The Hall–Kier alpha value is -2.06. The van der Waals surface area contributed by atoms with Crippen LogP contribution in [0.3, 0.4) is 0 Å². The largest absolute Gasteiger partial charge is 0.459 e. The van der Waals surface area contributed by atoms with E-state index in [-0.39, 0.29) is 16.7 Å². The topological polar surface area (TPSA) is 107 Å². The van der Waals surface area contributed by atoms with Crippen LogP contribution in [-0.4, -0.2) is 42.2 Å². The molecule has 1 rings (SSSR count). The fourth-order valence-corrected chi connectivity index (χ4v) is 2.62. The summed E-state index contributed by atoms with van der Waals surface area (Å²) in [5.74, 6) is -0.743. The number of esters is 1. The molecule has 0 radical (unpaired) electrons. The second kappa shape index (κ2) is 6.59. The van der Waals surface area contributed by atoms with Crippen LogP contribution in [0.15, 0.2) is 24.3 Å². The molecule has 0 aliphatic rings. The smallest absolute Gasteiger partial charge is 0.338 e. The lowest BCUT2D eigenvalue weighted by molar-refractivity contribution is -0.384. The summed E-state index contributed by atoms with van der Waals surface area (Å²) in [7, 11) is -2.15. The molecule has 7 nitrogen and oxygen atoms in total. The van der Waals surface area contributed by atoms with Gasteiger partial charge in [0.2, 0.25) is 0 Å². The van der Waals surface area contributed by atoms with Crippen molar-refractivity contribution in [1.29, 1.82) is 0 Å². The molecule has 21 heavy (non-hydrogen) atoms. The van der Waals surface area contributed by atoms with Crippen molar-refractivity contribution in [3.63, 3.8) is 0 Å². The highest BCUT2D eigenvalue weighted by Crippen LogP contribution is 2.13. The SMILES string of the molecule is C[Si](C)(C)C(=O)[C@@H](O)COC(=O)c1ccc([N+](=O)[O-])cc1. The van der Waals surface area contributed by atoms with Crippen molar-refractivity contribution in [3.8, 4) is 0 Å². The van der Waals surface area contributed by atoms with Gasteiger partial charge >= 0.3 is 5.97 Å². The molecule has 0 unspecified atom stereocenters. The monoisotopic (exact) mass is 311 g/mol. The molecule has 1 aromatic carbocycles. The van der Waals surface area contributed by atoms with E-state index in [1.54, 1.807) is 19.6 Å². The normalized spacial score (nSPS) is 12.6. The lowest BCUT2D eigenvalue weighted by Crippen LogP contribution is -2.44. The van der Waals surface area contributed by atoms with E-state index in [0.29, 0.717) is 0 Å². The lowest BCUT2D eigenvalue weighted by Gasteiger charge is -2.18. The van der Waals surface area contributed by atoms with Crippen molar-refractivity contribution in [2.45, 2.75) is 25.7 Å². The number of hydrogen-bond acceptors (Lipinski definition) is 6. The Morgan fingerprint density at radius 2 is 1.81 bits per heavy atom. The Kier molecular flexibility index (Phi) is 5.33. The molecule has 0 amide bonds. The molecule has 0 aromatic heterocycles. The summed E-state index contributed by atoms with van der Waals surface area (Å²) in [6, 6.07) is 4.88. The quantitative estimate of drug-likeness (QED) is 0.370. The maximum absolute atomic E-state index is 11.8. The summed E-state index contributed by atoms with van der Waals surface area (Å²) in [5, 5.41) is 19.9. The van der Waals surface area contributed by atoms with E-state index < -0.39 is 31.7 Å². The van der Waals surface area contributed by atoms with Crippen LogP contribution >= 0.6 is 0 Å². The molecule has 114 valence electrons. The van der Waals surface area contributed by atoms with E-state index in [1.165, 1.54) is 24.3 Å². The summed E-state index contributed by atoms with van der Waals surface area (Å²) in [5.41, 5.74) is -0.0197. The summed E-state index contributed by atoms with van der Waals surface area (Å²) in [6.45, 7) is 4.95. The van der Waals surface area contributed by atoms with Gasteiger partial charge < -0.3 is 14.6 Å². The molecule has 1 aromatic rings. The van der Waals surface area contributed by atoms with E-state index in [9.17, 15) is 24.8 Å². The first-order valence-electron chi connectivity index (χ1n) is 6.27. The van der Waals surface area contributed by atoms with Gasteiger partial charge in [0, 0.05) is 12.1 Å². The fourth-order valence-electron chi connectivity index (χ4n) is 1.53. The Labute approximate surface area is 122 Å². The fraction of sp³-hybridized carbons (Fsp3) is 0.385. The Morgan fingerprint density at radius 3 is 2.24 bits per heavy atom. The summed E-state index contributed by atoms with van der Waals surface area (Å²) < 4.78 is 4.85. The number of benzene rings is 1. The second-order valence-corrected chi connectivity index (χ2v) is 10.5. The molecule has 0 aliphatic carbocycles. The summed E-state index contributed by atoms with van der Waals surface area (Å²) in [6.07, 6.45) is -1.33. The van der Waals surface area contributed by atoms with Crippen LogP contribution in [0.5, 0.6) is 0 Å². The molecule has 1 atom stereocenters. The number of nitro benzene ring substituents is 1. The highest BCUT2D eigenvalue weighted by atomic mass is 28.3. The zero-order valence-corrected chi connectivity index (χ0v) is 13.0. The van der Waals surface area contributed by atoms with Gasteiger partial charge in [0.1, 0.15) is 26.2 Å². The average Bonchev–Trinajstić information content (AvgIpc) is 2.42. The predicted molar refractivity (Wildman–Crippen MR) is 77.7 cm³/mol. The van der Waals surface area contributed by atoms with Crippen molar-refractivity contribution in [2.24, 2.45) is 0 Å². The maximum Gasteiger partial charge on any atom is 0.338 e. The molecule has 8 heteroatoms. The molecule has 0 saturated heterocycles. The highest BCUT2D eigenvalue weighted by Gasteiger charge is 2.31. The molecule has 1 N–H and O–H groups in total. The van der Waals surface area contributed by atoms with Crippen molar-refractivity contribution >= 4 is 25.1 Å².